The third-order valence-electron chi connectivity index (χ3n) is 2.91. The molecular weight excluding hydrogens is 286 g/mol. The van der Waals surface area contributed by atoms with Crippen molar-refractivity contribution in [2.24, 2.45) is 0 Å². The zero-order chi connectivity index (χ0) is 15.5. The maximum atomic E-state index is 12.4. The van der Waals surface area contributed by atoms with Crippen molar-refractivity contribution in [1.29, 1.82) is 10.5 Å². The number of nitrogens with zero attached hydrogens (tertiary/aromatic N) is 2. The van der Waals surface area contributed by atoms with E-state index in [0.717, 1.165) is 0 Å². The summed E-state index contributed by atoms with van der Waals surface area (Å²) in [6.07, 6.45) is 0. The molecule has 0 fully saturated rings. The minimum Gasteiger partial charge on any atom is -0.279 e. The topological polar surface area (TPSA) is 93.8 Å². The predicted octanol–water partition coefficient (Wildman–Crippen LogP) is 2.54. The van der Waals surface area contributed by atoms with Gasteiger partial charge in [0.15, 0.2) is 0 Å². The van der Waals surface area contributed by atoms with Gasteiger partial charge >= 0.3 is 0 Å². The first kappa shape index (κ1) is 14.6. The molecule has 0 spiro atoms. The predicted molar refractivity (Wildman–Crippen MR) is 77.9 cm³/mol. The van der Waals surface area contributed by atoms with Crippen molar-refractivity contribution < 1.29 is 8.42 Å². The first-order valence-corrected chi connectivity index (χ1v) is 7.49. The van der Waals surface area contributed by atoms with Crippen molar-refractivity contribution in [3.8, 4) is 12.1 Å². The fourth-order valence-electron chi connectivity index (χ4n) is 1.79. The Morgan fingerprint density at radius 3 is 2.43 bits per heavy atom. The van der Waals surface area contributed by atoms with Crippen molar-refractivity contribution >= 4 is 15.7 Å². The normalized spacial score (nSPS) is 10.4. The molecule has 1 N–H and O–H groups in total. The monoisotopic (exact) mass is 297 g/mol. The van der Waals surface area contributed by atoms with Gasteiger partial charge in [0.05, 0.1) is 22.9 Å². The molecule has 2 aromatic rings. The van der Waals surface area contributed by atoms with Crippen molar-refractivity contribution in [1.82, 2.24) is 0 Å². The largest absolute Gasteiger partial charge is 0.279 e. The molecule has 0 saturated heterocycles. The van der Waals surface area contributed by atoms with Gasteiger partial charge in [-0.25, -0.2) is 8.42 Å². The molecule has 2 aromatic carbocycles. The first-order valence-electron chi connectivity index (χ1n) is 6.00. The smallest absolute Gasteiger partial charge is 0.263 e. The third-order valence-corrected chi connectivity index (χ3v) is 4.33. The Bertz CT molecular complexity index is 875. The van der Waals surface area contributed by atoms with Crippen LogP contribution in [0, 0.1) is 29.6 Å². The highest BCUT2D eigenvalue weighted by Gasteiger charge is 2.19. The van der Waals surface area contributed by atoms with Crippen LogP contribution in [-0.4, -0.2) is 8.42 Å². The summed E-state index contributed by atoms with van der Waals surface area (Å²) < 4.78 is 27.2. The van der Waals surface area contributed by atoms with Crippen LogP contribution in [0.15, 0.2) is 47.4 Å². The molecule has 21 heavy (non-hydrogen) atoms. The summed E-state index contributed by atoms with van der Waals surface area (Å²) in [7, 11) is -3.89. The lowest BCUT2D eigenvalue weighted by atomic mass is 10.1. The number of hydrogen-bond donors (Lipinski definition) is 1. The Balaban J connectivity index is 2.48. The molecule has 0 radical (unpaired) electrons. The number of anilines is 1. The fraction of sp³-hybridized carbons (Fsp3) is 0.0667. The van der Waals surface area contributed by atoms with Gasteiger partial charge in [-0.3, -0.25) is 4.72 Å². The second kappa shape index (κ2) is 5.66. The SMILES string of the molecule is Cc1ccc(C#N)cc1NS(=O)(=O)c1ccccc1C#N. The Kier molecular flexibility index (Phi) is 3.93. The van der Waals surface area contributed by atoms with E-state index in [4.69, 9.17) is 10.5 Å². The summed E-state index contributed by atoms with van der Waals surface area (Å²) in [5.41, 5.74) is 1.43. The van der Waals surface area contributed by atoms with Crippen LogP contribution < -0.4 is 4.72 Å². The van der Waals surface area contributed by atoms with Gasteiger partial charge in [-0.05, 0) is 36.8 Å². The number of hydrogen-bond acceptors (Lipinski definition) is 4. The van der Waals surface area contributed by atoms with E-state index >= 15 is 0 Å². The van der Waals surface area contributed by atoms with Gasteiger partial charge in [0, 0.05) is 0 Å². The Morgan fingerprint density at radius 1 is 1.05 bits per heavy atom. The molecule has 2 rings (SSSR count). The summed E-state index contributed by atoms with van der Waals surface area (Å²) in [4.78, 5) is -0.0886. The Labute approximate surface area is 123 Å². The third kappa shape index (κ3) is 3.02. The minimum atomic E-state index is -3.89. The van der Waals surface area contributed by atoms with E-state index in [0.29, 0.717) is 16.8 Å². The molecule has 0 atom stereocenters. The van der Waals surface area contributed by atoms with E-state index in [9.17, 15) is 8.42 Å². The molecule has 0 aliphatic carbocycles. The molecule has 0 unspecified atom stereocenters. The molecule has 0 aliphatic heterocycles. The maximum absolute atomic E-state index is 12.4. The van der Waals surface area contributed by atoms with Crippen LogP contribution in [0.4, 0.5) is 5.69 Å². The molecule has 104 valence electrons. The lowest BCUT2D eigenvalue weighted by Gasteiger charge is -2.11. The molecule has 0 amide bonds. The molecule has 6 heteroatoms. The summed E-state index contributed by atoms with van der Waals surface area (Å²) in [6, 6.07) is 14.5. The molecule has 0 aliphatic rings. The second-order valence-corrected chi connectivity index (χ2v) is 6.01. The zero-order valence-corrected chi connectivity index (χ0v) is 12.0. The molecule has 0 heterocycles. The molecule has 0 aromatic heterocycles. The highest BCUT2D eigenvalue weighted by Crippen LogP contribution is 2.22. The van der Waals surface area contributed by atoms with Crippen molar-refractivity contribution in [3.05, 3.63) is 59.2 Å². The average Bonchev–Trinajstić information content (AvgIpc) is 2.49. The molecule has 5 nitrogen and oxygen atoms in total. The molecular formula is C15H11N3O2S. The van der Waals surface area contributed by atoms with E-state index < -0.39 is 10.0 Å². The van der Waals surface area contributed by atoms with Gasteiger partial charge in [0.1, 0.15) is 11.0 Å². The van der Waals surface area contributed by atoms with E-state index in [2.05, 4.69) is 4.72 Å². The van der Waals surface area contributed by atoms with Crippen LogP contribution in [0.2, 0.25) is 0 Å². The van der Waals surface area contributed by atoms with Crippen molar-refractivity contribution in [3.63, 3.8) is 0 Å². The van der Waals surface area contributed by atoms with Crippen LogP contribution >= 0.6 is 0 Å². The van der Waals surface area contributed by atoms with Crippen LogP contribution in [0.5, 0.6) is 0 Å². The highest BCUT2D eigenvalue weighted by atomic mass is 32.2. The van der Waals surface area contributed by atoms with Gasteiger partial charge in [-0.2, -0.15) is 10.5 Å². The highest BCUT2D eigenvalue weighted by molar-refractivity contribution is 7.92. The first-order chi connectivity index (χ1) is 9.97. The summed E-state index contributed by atoms with van der Waals surface area (Å²) in [5.74, 6) is 0. The maximum Gasteiger partial charge on any atom is 0.263 e. The van der Waals surface area contributed by atoms with Crippen molar-refractivity contribution in [2.45, 2.75) is 11.8 Å². The number of benzene rings is 2. The van der Waals surface area contributed by atoms with Gasteiger partial charge in [-0.1, -0.05) is 18.2 Å². The van der Waals surface area contributed by atoms with E-state index in [1.165, 1.54) is 18.2 Å². The molecule has 0 saturated carbocycles. The summed E-state index contributed by atoms with van der Waals surface area (Å²) in [6.45, 7) is 1.73. The molecule has 0 bridgehead atoms. The van der Waals surface area contributed by atoms with Crippen LogP contribution in [0.1, 0.15) is 16.7 Å². The quantitative estimate of drug-likeness (QED) is 0.942. The summed E-state index contributed by atoms with van der Waals surface area (Å²) >= 11 is 0. The average molecular weight is 297 g/mol. The number of nitriles is 2. The van der Waals surface area contributed by atoms with Crippen LogP contribution in [-0.2, 0) is 10.0 Å². The van der Waals surface area contributed by atoms with Gasteiger partial charge in [0.2, 0.25) is 0 Å². The number of aryl methyl sites for hydroxylation is 1. The van der Waals surface area contributed by atoms with Crippen LogP contribution in [0.25, 0.3) is 0 Å². The van der Waals surface area contributed by atoms with Gasteiger partial charge < -0.3 is 0 Å². The van der Waals surface area contributed by atoms with E-state index in [1.54, 1.807) is 31.2 Å². The zero-order valence-electron chi connectivity index (χ0n) is 11.2. The number of rotatable bonds is 3. The van der Waals surface area contributed by atoms with Crippen LogP contribution in [0.3, 0.4) is 0 Å². The van der Waals surface area contributed by atoms with E-state index in [1.807, 2.05) is 12.1 Å². The Hall–Kier alpha value is -2.83. The fourth-order valence-corrected chi connectivity index (χ4v) is 3.07. The second-order valence-electron chi connectivity index (χ2n) is 4.35. The lowest BCUT2D eigenvalue weighted by molar-refractivity contribution is 0.601. The van der Waals surface area contributed by atoms with E-state index in [-0.39, 0.29) is 10.5 Å². The van der Waals surface area contributed by atoms with Gasteiger partial charge in [-0.15, -0.1) is 0 Å². The Morgan fingerprint density at radius 2 is 1.76 bits per heavy atom. The lowest BCUT2D eigenvalue weighted by Crippen LogP contribution is -2.15. The minimum absolute atomic E-state index is 0.0686. The van der Waals surface area contributed by atoms with Gasteiger partial charge in [0.25, 0.3) is 10.0 Å². The van der Waals surface area contributed by atoms with Crippen molar-refractivity contribution in [2.75, 3.05) is 4.72 Å². The summed E-state index contributed by atoms with van der Waals surface area (Å²) in [5, 5.41) is 17.9. The number of sulfonamides is 1. The standard InChI is InChI=1S/C15H11N3O2S/c1-11-6-7-12(9-16)8-14(11)18-21(19,20)15-5-3-2-4-13(15)10-17/h2-8,18H,1H3. The number of nitrogens with one attached hydrogen (secondary N) is 1.